The number of carbonyl (C=O) groups excluding carboxylic acids is 1. The summed E-state index contributed by atoms with van der Waals surface area (Å²) in [5.41, 5.74) is 0.721. The van der Waals surface area contributed by atoms with Crippen LogP contribution in [0, 0.1) is 11.3 Å². The molecule has 0 N–H and O–H groups in total. The van der Waals surface area contributed by atoms with Crippen molar-refractivity contribution in [2.45, 2.75) is 4.90 Å². The first-order chi connectivity index (χ1) is 12.0. The van der Waals surface area contributed by atoms with Crippen LogP contribution >= 0.6 is 0 Å². The van der Waals surface area contributed by atoms with Crippen LogP contribution in [0.2, 0.25) is 0 Å². The van der Waals surface area contributed by atoms with Crippen molar-refractivity contribution in [1.82, 2.24) is 9.21 Å². The van der Waals surface area contributed by atoms with E-state index >= 15 is 0 Å². The predicted molar refractivity (Wildman–Crippen MR) is 92.3 cm³/mol. The molecule has 0 aromatic heterocycles. The molecule has 0 radical (unpaired) electrons. The summed E-state index contributed by atoms with van der Waals surface area (Å²) >= 11 is 0. The molecular formula is C18H17N3O3S. The molecule has 7 heteroatoms. The molecule has 6 nitrogen and oxygen atoms in total. The summed E-state index contributed by atoms with van der Waals surface area (Å²) < 4.78 is 26.9. The molecule has 0 spiro atoms. The van der Waals surface area contributed by atoms with Gasteiger partial charge in [-0.3, -0.25) is 4.79 Å². The third-order valence-electron chi connectivity index (χ3n) is 4.17. The van der Waals surface area contributed by atoms with E-state index in [-0.39, 0.29) is 29.5 Å². The van der Waals surface area contributed by atoms with Crippen LogP contribution in [0.4, 0.5) is 0 Å². The van der Waals surface area contributed by atoms with E-state index in [9.17, 15) is 13.2 Å². The van der Waals surface area contributed by atoms with Crippen molar-refractivity contribution >= 4 is 15.9 Å². The van der Waals surface area contributed by atoms with Crippen molar-refractivity contribution in [2.24, 2.45) is 0 Å². The number of nitrogens with zero attached hydrogens (tertiary/aromatic N) is 3. The second kappa shape index (κ2) is 7.05. The molecule has 0 unspecified atom stereocenters. The van der Waals surface area contributed by atoms with Crippen molar-refractivity contribution in [3.05, 3.63) is 65.7 Å². The molecule has 1 heterocycles. The molecule has 25 heavy (non-hydrogen) atoms. The first-order valence-corrected chi connectivity index (χ1v) is 9.31. The van der Waals surface area contributed by atoms with Gasteiger partial charge in [0.05, 0.1) is 10.5 Å². The van der Waals surface area contributed by atoms with E-state index in [2.05, 4.69) is 0 Å². The summed E-state index contributed by atoms with van der Waals surface area (Å²) in [5, 5.41) is 9.14. The Kier molecular flexibility index (Phi) is 4.83. The summed E-state index contributed by atoms with van der Waals surface area (Å²) in [6.45, 7) is 1.06. The lowest BCUT2D eigenvalue weighted by Crippen LogP contribution is -2.50. The Morgan fingerprint density at radius 2 is 1.52 bits per heavy atom. The van der Waals surface area contributed by atoms with Gasteiger partial charge in [-0.05, 0) is 24.3 Å². The Bertz CT molecular complexity index is 912. The van der Waals surface area contributed by atoms with Crippen LogP contribution in [0.5, 0.6) is 0 Å². The lowest BCUT2D eigenvalue weighted by atomic mass is 10.2. The van der Waals surface area contributed by atoms with E-state index in [1.54, 1.807) is 41.3 Å². The molecule has 1 aliphatic rings. The minimum absolute atomic E-state index is 0.0142. The minimum atomic E-state index is -3.75. The lowest BCUT2D eigenvalue weighted by molar-refractivity contribution is 0.0698. The molecule has 1 amide bonds. The molecule has 0 saturated carbocycles. The van der Waals surface area contributed by atoms with E-state index in [4.69, 9.17) is 5.26 Å². The highest BCUT2D eigenvalue weighted by atomic mass is 32.2. The first-order valence-electron chi connectivity index (χ1n) is 7.87. The molecule has 3 rings (SSSR count). The third kappa shape index (κ3) is 3.40. The highest BCUT2D eigenvalue weighted by molar-refractivity contribution is 7.89. The maximum Gasteiger partial charge on any atom is 0.253 e. The van der Waals surface area contributed by atoms with Gasteiger partial charge in [-0.1, -0.05) is 30.3 Å². The molecule has 1 saturated heterocycles. The molecule has 1 fully saturated rings. The second-order valence-electron chi connectivity index (χ2n) is 5.67. The van der Waals surface area contributed by atoms with Crippen LogP contribution in [-0.4, -0.2) is 49.7 Å². The topological polar surface area (TPSA) is 81.5 Å². The van der Waals surface area contributed by atoms with E-state index in [0.717, 1.165) is 0 Å². The Morgan fingerprint density at radius 3 is 2.16 bits per heavy atom. The molecule has 128 valence electrons. The molecule has 1 aliphatic heterocycles. The largest absolute Gasteiger partial charge is 0.336 e. The van der Waals surface area contributed by atoms with Gasteiger partial charge in [0.2, 0.25) is 10.0 Å². The average molecular weight is 355 g/mol. The van der Waals surface area contributed by atoms with Crippen LogP contribution in [0.1, 0.15) is 15.9 Å². The van der Waals surface area contributed by atoms with Gasteiger partial charge < -0.3 is 4.90 Å². The number of amides is 1. The Balaban J connectivity index is 1.74. The van der Waals surface area contributed by atoms with Crippen molar-refractivity contribution < 1.29 is 13.2 Å². The van der Waals surface area contributed by atoms with Crippen LogP contribution in [0.3, 0.4) is 0 Å². The van der Waals surface area contributed by atoms with E-state index < -0.39 is 10.0 Å². The van der Waals surface area contributed by atoms with Gasteiger partial charge in [0.25, 0.3) is 5.91 Å². The molecule has 0 aliphatic carbocycles. The standard InChI is InChI=1S/C18H17N3O3S/c19-14-16-8-4-5-9-17(16)25(23,24)21-12-10-20(11-13-21)18(22)15-6-2-1-3-7-15/h1-9H,10-13H2. The highest BCUT2D eigenvalue weighted by Gasteiger charge is 2.31. The normalized spacial score (nSPS) is 15.6. The van der Waals surface area contributed by atoms with Gasteiger partial charge in [0.1, 0.15) is 6.07 Å². The summed E-state index contributed by atoms with van der Waals surface area (Å²) in [4.78, 5) is 14.1. The quantitative estimate of drug-likeness (QED) is 0.839. The zero-order valence-electron chi connectivity index (χ0n) is 13.5. The van der Waals surface area contributed by atoms with Gasteiger partial charge in [-0.2, -0.15) is 9.57 Å². The molecule has 0 atom stereocenters. The predicted octanol–water partition coefficient (Wildman–Crippen LogP) is 1.70. The third-order valence-corrected chi connectivity index (χ3v) is 6.13. The van der Waals surface area contributed by atoms with Crippen molar-refractivity contribution in [2.75, 3.05) is 26.2 Å². The van der Waals surface area contributed by atoms with Gasteiger partial charge in [0, 0.05) is 31.7 Å². The fraction of sp³-hybridized carbons (Fsp3) is 0.222. The zero-order valence-corrected chi connectivity index (χ0v) is 14.3. The smallest absolute Gasteiger partial charge is 0.253 e. The Hall–Kier alpha value is -2.69. The highest BCUT2D eigenvalue weighted by Crippen LogP contribution is 2.21. The van der Waals surface area contributed by atoms with Gasteiger partial charge in [-0.15, -0.1) is 0 Å². The second-order valence-corrected chi connectivity index (χ2v) is 7.58. The van der Waals surface area contributed by atoms with Crippen LogP contribution < -0.4 is 0 Å². The van der Waals surface area contributed by atoms with Crippen molar-refractivity contribution in [3.63, 3.8) is 0 Å². The fourth-order valence-corrected chi connectivity index (χ4v) is 4.38. The number of benzene rings is 2. The van der Waals surface area contributed by atoms with E-state index in [1.807, 2.05) is 12.1 Å². The van der Waals surface area contributed by atoms with Gasteiger partial charge >= 0.3 is 0 Å². The number of hydrogen-bond donors (Lipinski definition) is 0. The number of carbonyl (C=O) groups is 1. The number of nitriles is 1. The summed E-state index contributed by atoms with van der Waals surface area (Å²) in [7, 11) is -3.75. The molecule has 0 bridgehead atoms. The summed E-state index contributed by atoms with van der Waals surface area (Å²) in [5.74, 6) is -0.102. The maximum atomic E-state index is 12.8. The number of sulfonamides is 1. The number of hydrogen-bond acceptors (Lipinski definition) is 4. The fourth-order valence-electron chi connectivity index (χ4n) is 2.82. The first kappa shape index (κ1) is 17.1. The lowest BCUT2D eigenvalue weighted by Gasteiger charge is -2.34. The number of rotatable bonds is 3. The van der Waals surface area contributed by atoms with Gasteiger partial charge in [-0.25, -0.2) is 8.42 Å². The minimum Gasteiger partial charge on any atom is -0.336 e. The monoisotopic (exact) mass is 355 g/mol. The SMILES string of the molecule is N#Cc1ccccc1S(=O)(=O)N1CCN(C(=O)c2ccccc2)CC1. The van der Waals surface area contributed by atoms with E-state index in [1.165, 1.54) is 16.4 Å². The summed E-state index contributed by atoms with van der Waals surface area (Å²) in [6.07, 6.45) is 0. The van der Waals surface area contributed by atoms with Crippen molar-refractivity contribution in [1.29, 1.82) is 5.26 Å². The Labute approximate surface area is 147 Å². The van der Waals surface area contributed by atoms with Crippen molar-refractivity contribution in [3.8, 4) is 6.07 Å². The van der Waals surface area contributed by atoms with E-state index in [0.29, 0.717) is 18.7 Å². The van der Waals surface area contributed by atoms with Crippen LogP contribution in [0.25, 0.3) is 0 Å². The zero-order chi connectivity index (χ0) is 17.9. The number of piperazine rings is 1. The average Bonchev–Trinajstić information content (AvgIpc) is 2.68. The maximum absolute atomic E-state index is 12.8. The van der Waals surface area contributed by atoms with Crippen LogP contribution in [-0.2, 0) is 10.0 Å². The molecule has 2 aromatic rings. The summed E-state index contributed by atoms with van der Waals surface area (Å²) in [6, 6.07) is 17.0. The van der Waals surface area contributed by atoms with Crippen LogP contribution in [0.15, 0.2) is 59.5 Å². The Morgan fingerprint density at radius 1 is 0.920 bits per heavy atom. The molecule has 2 aromatic carbocycles. The molecular weight excluding hydrogens is 338 g/mol. The van der Waals surface area contributed by atoms with Gasteiger partial charge in [0.15, 0.2) is 0 Å².